The van der Waals surface area contributed by atoms with Crippen LogP contribution in [0.25, 0.3) is 21.5 Å². The van der Waals surface area contributed by atoms with E-state index in [0.29, 0.717) is 0 Å². The second-order valence-electron chi connectivity index (χ2n) is 27.1. The minimum Gasteiger partial charge on any atom is -0.339 e. The van der Waals surface area contributed by atoms with Crippen LogP contribution in [0.1, 0.15) is 123 Å². The van der Waals surface area contributed by atoms with E-state index in [0.717, 1.165) is 25.9 Å². The SMILES string of the molecule is C[N+]1=C(C=CC=C2N(Cc3ccc(CN4C(=CC=CC5=[N+](C)c6ccccc6C56CCCCC6)C(C)(Cc5ccccc5)c5c4ccc4ccccc54)cc3)c3ccc4ccccc4c3C2(C)Cc2ccccc2)C2(CCCCC2)c2ccccc21.[O-][Cl+3]([O-])([O-])[O-].[O-][Cl+3]([O-])([O-])[O-]. The summed E-state index contributed by atoms with van der Waals surface area (Å²) < 4.78 is 72.9. The summed E-state index contributed by atoms with van der Waals surface area (Å²) in [6.07, 6.45) is 29.1. The highest BCUT2D eigenvalue weighted by Crippen LogP contribution is 2.56. The van der Waals surface area contributed by atoms with Crippen molar-refractivity contribution in [2.75, 3.05) is 23.9 Å². The van der Waals surface area contributed by atoms with Crippen molar-refractivity contribution < 1.29 is 66.9 Å². The molecule has 0 radical (unpaired) electrons. The van der Waals surface area contributed by atoms with Crippen molar-refractivity contribution in [2.24, 2.45) is 0 Å². The highest BCUT2D eigenvalue weighted by molar-refractivity contribution is 6.05. The number of allylic oxidation sites excluding steroid dienone is 8. The summed E-state index contributed by atoms with van der Waals surface area (Å²) in [7, 11) is -5.30. The quantitative estimate of drug-likeness (QED) is 0.106. The minimum absolute atomic E-state index is 0.0533. The first-order valence-electron chi connectivity index (χ1n) is 33.3. The van der Waals surface area contributed by atoms with Gasteiger partial charge in [0.2, 0.25) is 11.4 Å². The molecule has 15 rings (SSSR count). The lowest BCUT2D eigenvalue weighted by molar-refractivity contribution is -2.00. The van der Waals surface area contributed by atoms with Crippen molar-refractivity contribution in [2.45, 2.75) is 126 Å². The summed E-state index contributed by atoms with van der Waals surface area (Å²) in [5.74, 6) is 0. The Labute approximate surface area is 567 Å². The van der Waals surface area contributed by atoms with Gasteiger partial charge in [-0.3, -0.25) is 0 Å². The van der Waals surface area contributed by atoms with Crippen LogP contribution in [0, 0.1) is 20.5 Å². The first-order valence-corrected chi connectivity index (χ1v) is 35.8. The molecule has 0 bridgehead atoms. The molecule has 0 N–H and O–H groups in total. The first-order chi connectivity index (χ1) is 46.2. The molecule has 9 aromatic carbocycles. The van der Waals surface area contributed by atoms with Crippen molar-refractivity contribution >= 4 is 55.7 Å². The lowest BCUT2D eigenvalue weighted by atomic mass is 9.67. The molecule has 0 aromatic heterocycles. The predicted octanol–water partition coefficient (Wildman–Crippen LogP) is 9.66. The van der Waals surface area contributed by atoms with Crippen LogP contribution in [0.4, 0.5) is 22.7 Å². The van der Waals surface area contributed by atoms with E-state index in [2.05, 4.69) is 290 Å². The monoisotopic (exact) mass is 1320 g/mol. The maximum absolute atomic E-state index is 8.49. The third kappa shape index (κ3) is 13.0. The third-order valence-electron chi connectivity index (χ3n) is 21.4. The number of anilines is 2. The largest absolute Gasteiger partial charge is 0.339 e. The van der Waals surface area contributed by atoms with E-state index in [1.165, 1.54) is 176 Å². The van der Waals surface area contributed by atoms with E-state index in [9.17, 15) is 0 Å². The van der Waals surface area contributed by atoms with E-state index in [-0.39, 0.29) is 21.7 Å². The topological polar surface area (TPSA) is 197 Å². The molecule has 0 saturated heterocycles. The molecule has 2 fully saturated rings. The molecular weight excluding hydrogens is 1240 g/mol. The molecule has 2 atom stereocenters. The van der Waals surface area contributed by atoms with Crippen molar-refractivity contribution in [3.8, 4) is 0 Å². The molecule has 0 amide bonds. The smallest absolute Gasteiger partial charge is 0.209 e. The number of para-hydroxylation sites is 2. The first kappa shape index (κ1) is 66.3. The highest BCUT2D eigenvalue weighted by atomic mass is 35.7. The zero-order valence-corrected chi connectivity index (χ0v) is 56.3. The molecule has 12 nitrogen and oxygen atoms in total. The third-order valence-corrected chi connectivity index (χ3v) is 21.4. The zero-order chi connectivity index (χ0) is 67.0. The van der Waals surface area contributed by atoms with Crippen molar-refractivity contribution in [1.82, 2.24) is 0 Å². The molecular formula is C82H80Cl2N4O8. The van der Waals surface area contributed by atoms with Crippen molar-refractivity contribution in [3.63, 3.8) is 0 Å². The molecule has 490 valence electrons. The number of halogens is 2. The van der Waals surface area contributed by atoms with Gasteiger partial charge in [0.25, 0.3) is 0 Å². The standard InChI is InChI=1S/C82H80N4.2ClHO4/c1-79(55-59-27-9-5-10-28-59)73(39-25-41-75-81(51-21-7-22-52-81)67-35-17-19-37-69(67)83(75)3)85(71-49-47-63-31-13-15-33-65(63)77(71)79)57-61-43-45-62(46-44-61)58-86-72-50-48-64-32-14-16-34-66(64)78(72)80(2,56-60-29-11-6-12-30-60)74(86)40-26-42-76-82(53-23-8-24-54-82)68-36-18-20-38-70(68)84(76)4;2*2-1(3,4)5/h5-6,9-20,25-50H,7-8,21-24,51-58H2,1-4H3;2*(H,2,3,4,5)/q+2;;/p-2. The Bertz CT molecular complexity index is 4260. The number of hydrogen-bond acceptors (Lipinski definition) is 10. The molecule has 2 saturated carbocycles. The van der Waals surface area contributed by atoms with Gasteiger partial charge >= 0.3 is 0 Å². The van der Waals surface area contributed by atoms with E-state index >= 15 is 0 Å². The second kappa shape index (κ2) is 26.9. The number of benzene rings is 9. The zero-order valence-electron chi connectivity index (χ0n) is 54.8. The number of hydrogen-bond donors (Lipinski definition) is 0. The number of nitrogens with zero attached hydrogens (tertiary/aromatic N) is 4. The maximum atomic E-state index is 8.49. The van der Waals surface area contributed by atoms with Gasteiger partial charge in [-0.05, 0) is 132 Å². The second-order valence-corrected chi connectivity index (χ2v) is 28.6. The van der Waals surface area contributed by atoms with E-state index in [1.54, 1.807) is 0 Å². The van der Waals surface area contributed by atoms with Gasteiger partial charge in [-0.2, -0.15) is 9.15 Å². The fraction of sp³-hybridized carbons (Fsp3) is 0.268. The van der Waals surface area contributed by atoms with Gasteiger partial charge in [0.05, 0.1) is 10.8 Å². The molecule has 9 aromatic rings. The Morgan fingerprint density at radius 2 is 0.719 bits per heavy atom. The average molecular weight is 1320 g/mol. The molecule has 4 heterocycles. The molecule has 14 heteroatoms. The van der Waals surface area contributed by atoms with Gasteiger partial charge in [-0.25, -0.2) is 37.3 Å². The molecule has 4 aliphatic heterocycles. The van der Waals surface area contributed by atoms with Crippen LogP contribution in [-0.2, 0) is 47.6 Å². The molecule has 2 aliphatic carbocycles. The van der Waals surface area contributed by atoms with Crippen LogP contribution < -0.4 is 47.1 Å². The molecule has 2 spiro atoms. The Morgan fingerprint density at radius 1 is 0.385 bits per heavy atom. The molecule has 96 heavy (non-hydrogen) atoms. The van der Waals surface area contributed by atoms with Crippen LogP contribution in [0.2, 0.25) is 0 Å². The van der Waals surface area contributed by atoms with Crippen molar-refractivity contribution in [1.29, 1.82) is 0 Å². The Hall–Kier alpha value is -8.34. The van der Waals surface area contributed by atoms with Crippen LogP contribution in [-0.4, -0.2) is 34.7 Å². The number of rotatable bonds is 12. The molecule has 2 unspecified atom stereocenters. The average Bonchev–Trinajstić information content (AvgIpc) is 1.47. The van der Waals surface area contributed by atoms with Crippen LogP contribution >= 0.6 is 0 Å². The van der Waals surface area contributed by atoms with E-state index in [4.69, 9.17) is 37.3 Å². The van der Waals surface area contributed by atoms with Crippen LogP contribution in [0.5, 0.6) is 0 Å². The predicted molar refractivity (Wildman–Crippen MR) is 360 cm³/mol. The van der Waals surface area contributed by atoms with E-state index < -0.39 is 20.5 Å². The summed E-state index contributed by atoms with van der Waals surface area (Å²) in [4.78, 5) is 5.33. The fourth-order valence-electron chi connectivity index (χ4n) is 17.5. The van der Waals surface area contributed by atoms with Gasteiger partial charge in [-0.15, -0.1) is 20.5 Å². The summed E-state index contributed by atoms with van der Waals surface area (Å²) >= 11 is 0. The van der Waals surface area contributed by atoms with Gasteiger partial charge in [-0.1, -0.05) is 233 Å². The summed E-state index contributed by atoms with van der Waals surface area (Å²) in [5.41, 5.74) is 21.5. The van der Waals surface area contributed by atoms with E-state index in [1.807, 2.05) is 0 Å². The Kier molecular flexibility index (Phi) is 18.6. The van der Waals surface area contributed by atoms with Crippen molar-refractivity contribution in [3.05, 3.63) is 299 Å². The van der Waals surface area contributed by atoms with Gasteiger partial charge in [0.15, 0.2) is 11.4 Å². The Morgan fingerprint density at radius 3 is 1.09 bits per heavy atom. The number of fused-ring (bicyclic) bond motifs is 10. The van der Waals surface area contributed by atoms with Gasteiger partial charge in [0.1, 0.15) is 14.1 Å². The van der Waals surface area contributed by atoms with Crippen LogP contribution in [0.3, 0.4) is 0 Å². The minimum atomic E-state index is -4.94. The molecule has 6 aliphatic rings. The summed E-state index contributed by atoms with van der Waals surface area (Å²) in [6.45, 7) is 6.54. The van der Waals surface area contributed by atoms with Crippen LogP contribution in [0.15, 0.2) is 254 Å². The maximum Gasteiger partial charge on any atom is 0.209 e. The lowest BCUT2D eigenvalue weighted by Crippen LogP contribution is -2.68. The van der Waals surface area contributed by atoms with Gasteiger partial charge in [0, 0.05) is 82.1 Å². The highest BCUT2D eigenvalue weighted by Gasteiger charge is 2.52. The van der Waals surface area contributed by atoms with Gasteiger partial charge < -0.3 is 9.80 Å². The summed E-state index contributed by atoms with van der Waals surface area (Å²) in [6, 6.07) is 78.1. The normalized spacial score (nSPS) is 21.0. The summed E-state index contributed by atoms with van der Waals surface area (Å²) in [5, 5.41) is 5.24. The lowest BCUT2D eigenvalue weighted by Gasteiger charge is -2.32. The Balaban J connectivity index is 0.000000778. The fourth-order valence-corrected chi connectivity index (χ4v) is 17.5.